The molecule has 1 aliphatic heterocycles. The number of benzene rings is 1. The molecule has 0 aliphatic carbocycles. The Kier molecular flexibility index (Phi) is 5.08. The number of hydrogen-bond donors (Lipinski definition) is 1. The highest BCUT2D eigenvalue weighted by Gasteiger charge is 2.30. The molecule has 1 atom stereocenters. The molecule has 5 heteroatoms. The molecule has 1 aromatic carbocycles. The number of aryl methyl sites for hydroxylation is 1. The van der Waals surface area contributed by atoms with E-state index in [1.165, 1.54) is 5.56 Å². The molecule has 1 aromatic heterocycles. The lowest BCUT2D eigenvalue weighted by Gasteiger charge is -2.23. The number of nitrogens with one attached hydrogen (secondary N) is 1. The van der Waals surface area contributed by atoms with Gasteiger partial charge in [-0.2, -0.15) is 5.10 Å². The predicted molar refractivity (Wildman–Crippen MR) is 89.6 cm³/mol. The van der Waals surface area contributed by atoms with Crippen LogP contribution in [0.15, 0.2) is 42.7 Å². The fourth-order valence-electron chi connectivity index (χ4n) is 3.11. The standard InChI is InChI=1S/C18H24N4O/c1-2-22-14-16(12-20-22)11-19-18(23)17-9-6-10-21(17)13-15-7-4-3-5-8-15/h3-5,7-8,12,14,17H,2,6,9-11,13H2,1H3,(H,19,23). The van der Waals surface area contributed by atoms with Gasteiger partial charge in [0.15, 0.2) is 0 Å². The maximum atomic E-state index is 12.5. The summed E-state index contributed by atoms with van der Waals surface area (Å²) in [6.45, 7) is 5.28. The average molecular weight is 312 g/mol. The SMILES string of the molecule is CCn1cc(CNC(=O)C2CCCN2Cc2ccccc2)cn1. The molecule has 1 saturated heterocycles. The Hall–Kier alpha value is -2.14. The summed E-state index contributed by atoms with van der Waals surface area (Å²) in [5.74, 6) is 0.127. The van der Waals surface area contributed by atoms with Crippen molar-refractivity contribution in [1.29, 1.82) is 0 Å². The van der Waals surface area contributed by atoms with Gasteiger partial charge in [-0.05, 0) is 31.9 Å². The number of likely N-dealkylation sites (tertiary alicyclic amines) is 1. The summed E-state index contributed by atoms with van der Waals surface area (Å²) in [6.07, 6.45) is 5.82. The van der Waals surface area contributed by atoms with Crippen LogP contribution < -0.4 is 5.32 Å². The van der Waals surface area contributed by atoms with Gasteiger partial charge in [-0.1, -0.05) is 30.3 Å². The van der Waals surface area contributed by atoms with Crippen LogP contribution in [-0.4, -0.2) is 33.2 Å². The van der Waals surface area contributed by atoms with Gasteiger partial charge >= 0.3 is 0 Å². The van der Waals surface area contributed by atoms with E-state index in [1.807, 2.05) is 35.3 Å². The lowest BCUT2D eigenvalue weighted by Crippen LogP contribution is -2.42. The molecule has 3 rings (SSSR count). The summed E-state index contributed by atoms with van der Waals surface area (Å²) in [6, 6.07) is 10.3. The summed E-state index contributed by atoms with van der Waals surface area (Å²) in [5.41, 5.74) is 2.31. The number of hydrogen-bond acceptors (Lipinski definition) is 3. The number of aromatic nitrogens is 2. The van der Waals surface area contributed by atoms with Crippen LogP contribution in [0, 0.1) is 0 Å². The highest BCUT2D eigenvalue weighted by Crippen LogP contribution is 2.20. The number of carbonyl (C=O) groups excluding carboxylic acids is 1. The number of carbonyl (C=O) groups is 1. The minimum absolute atomic E-state index is 0.0172. The van der Waals surface area contributed by atoms with Crippen LogP contribution in [0.2, 0.25) is 0 Å². The topological polar surface area (TPSA) is 50.2 Å². The fourth-order valence-corrected chi connectivity index (χ4v) is 3.11. The largest absolute Gasteiger partial charge is 0.351 e. The zero-order valence-electron chi connectivity index (χ0n) is 13.6. The monoisotopic (exact) mass is 312 g/mol. The van der Waals surface area contributed by atoms with Gasteiger partial charge in [0.05, 0.1) is 12.2 Å². The molecule has 2 aromatic rings. The maximum Gasteiger partial charge on any atom is 0.237 e. The molecule has 1 N–H and O–H groups in total. The maximum absolute atomic E-state index is 12.5. The molecule has 2 heterocycles. The van der Waals surface area contributed by atoms with Gasteiger partial charge in [-0.25, -0.2) is 0 Å². The quantitative estimate of drug-likeness (QED) is 0.889. The number of amides is 1. The van der Waals surface area contributed by atoms with Crippen molar-refractivity contribution in [2.45, 2.75) is 45.4 Å². The first-order valence-electron chi connectivity index (χ1n) is 8.33. The van der Waals surface area contributed by atoms with E-state index in [4.69, 9.17) is 0 Å². The lowest BCUT2D eigenvalue weighted by atomic mass is 10.1. The highest BCUT2D eigenvalue weighted by molar-refractivity contribution is 5.82. The van der Waals surface area contributed by atoms with Crippen LogP contribution in [0.5, 0.6) is 0 Å². The first-order chi connectivity index (χ1) is 11.3. The Bertz CT molecular complexity index is 637. The molecular formula is C18H24N4O. The average Bonchev–Trinajstić information content (AvgIpc) is 3.22. The van der Waals surface area contributed by atoms with Crippen molar-refractivity contribution < 1.29 is 4.79 Å². The van der Waals surface area contributed by atoms with Gasteiger partial charge in [-0.3, -0.25) is 14.4 Å². The van der Waals surface area contributed by atoms with Gasteiger partial charge in [0, 0.05) is 31.4 Å². The third-order valence-corrected chi connectivity index (χ3v) is 4.37. The van der Waals surface area contributed by atoms with Crippen molar-refractivity contribution in [2.24, 2.45) is 0 Å². The Morgan fingerprint density at radius 1 is 1.30 bits per heavy atom. The number of nitrogens with zero attached hydrogens (tertiary/aromatic N) is 3. The van der Waals surface area contributed by atoms with E-state index < -0.39 is 0 Å². The minimum atomic E-state index is -0.0172. The Labute approximate surface area is 137 Å². The van der Waals surface area contributed by atoms with Crippen molar-refractivity contribution in [3.05, 3.63) is 53.9 Å². The molecule has 0 spiro atoms. The molecule has 1 fully saturated rings. The van der Waals surface area contributed by atoms with Crippen LogP contribution in [-0.2, 0) is 24.4 Å². The van der Waals surface area contributed by atoms with Gasteiger partial charge in [0.2, 0.25) is 5.91 Å². The first kappa shape index (κ1) is 15.7. The zero-order valence-corrected chi connectivity index (χ0v) is 13.6. The van der Waals surface area contributed by atoms with Crippen molar-refractivity contribution in [3.8, 4) is 0 Å². The molecule has 1 amide bonds. The lowest BCUT2D eigenvalue weighted by molar-refractivity contribution is -0.125. The fraction of sp³-hybridized carbons (Fsp3) is 0.444. The summed E-state index contributed by atoms with van der Waals surface area (Å²) in [7, 11) is 0. The van der Waals surface area contributed by atoms with Crippen molar-refractivity contribution >= 4 is 5.91 Å². The molecule has 0 radical (unpaired) electrons. The van der Waals surface area contributed by atoms with Crippen molar-refractivity contribution in [1.82, 2.24) is 20.0 Å². The summed E-state index contributed by atoms with van der Waals surface area (Å²) >= 11 is 0. The highest BCUT2D eigenvalue weighted by atomic mass is 16.2. The third-order valence-electron chi connectivity index (χ3n) is 4.37. The minimum Gasteiger partial charge on any atom is -0.351 e. The van der Waals surface area contributed by atoms with Crippen molar-refractivity contribution in [3.63, 3.8) is 0 Å². The van der Waals surface area contributed by atoms with Crippen LogP contribution >= 0.6 is 0 Å². The molecule has 122 valence electrons. The second kappa shape index (κ2) is 7.42. The molecule has 23 heavy (non-hydrogen) atoms. The second-order valence-corrected chi connectivity index (χ2v) is 6.04. The van der Waals surface area contributed by atoms with Gasteiger partial charge in [0.1, 0.15) is 0 Å². The third kappa shape index (κ3) is 3.99. The van der Waals surface area contributed by atoms with E-state index in [2.05, 4.69) is 34.4 Å². The molecular weight excluding hydrogens is 288 g/mol. The van der Waals surface area contributed by atoms with E-state index in [0.29, 0.717) is 6.54 Å². The molecule has 1 unspecified atom stereocenters. The Morgan fingerprint density at radius 2 is 2.13 bits per heavy atom. The Morgan fingerprint density at radius 3 is 2.87 bits per heavy atom. The van der Waals surface area contributed by atoms with E-state index in [9.17, 15) is 4.79 Å². The zero-order chi connectivity index (χ0) is 16.1. The van der Waals surface area contributed by atoms with Gasteiger partial charge in [-0.15, -0.1) is 0 Å². The van der Waals surface area contributed by atoms with Crippen LogP contribution in [0.4, 0.5) is 0 Å². The second-order valence-electron chi connectivity index (χ2n) is 6.04. The smallest absolute Gasteiger partial charge is 0.237 e. The molecule has 0 bridgehead atoms. The predicted octanol–water partition coefficient (Wildman–Crippen LogP) is 2.18. The van der Waals surface area contributed by atoms with E-state index in [-0.39, 0.29) is 11.9 Å². The van der Waals surface area contributed by atoms with E-state index in [0.717, 1.165) is 38.0 Å². The summed E-state index contributed by atoms with van der Waals surface area (Å²) in [5, 5.41) is 7.30. The number of rotatable bonds is 6. The van der Waals surface area contributed by atoms with Crippen LogP contribution in [0.3, 0.4) is 0 Å². The van der Waals surface area contributed by atoms with Crippen LogP contribution in [0.1, 0.15) is 30.9 Å². The Balaban J connectivity index is 1.55. The molecule has 5 nitrogen and oxygen atoms in total. The molecule has 1 aliphatic rings. The summed E-state index contributed by atoms with van der Waals surface area (Å²) in [4.78, 5) is 14.8. The van der Waals surface area contributed by atoms with E-state index >= 15 is 0 Å². The van der Waals surface area contributed by atoms with Crippen LogP contribution in [0.25, 0.3) is 0 Å². The van der Waals surface area contributed by atoms with Gasteiger partial charge < -0.3 is 5.32 Å². The van der Waals surface area contributed by atoms with E-state index in [1.54, 1.807) is 0 Å². The van der Waals surface area contributed by atoms with Crippen molar-refractivity contribution in [2.75, 3.05) is 6.54 Å². The van der Waals surface area contributed by atoms with Gasteiger partial charge in [0.25, 0.3) is 0 Å². The first-order valence-corrected chi connectivity index (χ1v) is 8.33. The summed E-state index contributed by atoms with van der Waals surface area (Å²) < 4.78 is 1.87. The molecule has 0 saturated carbocycles. The normalized spacial score (nSPS) is 18.2.